The van der Waals surface area contributed by atoms with Crippen LogP contribution in [-0.2, 0) is 10.3 Å². The van der Waals surface area contributed by atoms with Crippen LogP contribution >= 0.6 is 0 Å². The van der Waals surface area contributed by atoms with Crippen molar-refractivity contribution in [2.24, 2.45) is 5.73 Å². The van der Waals surface area contributed by atoms with E-state index in [1.165, 1.54) is 0 Å². The summed E-state index contributed by atoms with van der Waals surface area (Å²) in [5, 5.41) is 3.29. The van der Waals surface area contributed by atoms with Gasteiger partial charge in [-0.05, 0) is 23.6 Å². The third-order valence-electron chi connectivity index (χ3n) is 4.45. The summed E-state index contributed by atoms with van der Waals surface area (Å²) in [6, 6.07) is 30.0. The maximum atomic E-state index is 12.8. The number of nitrogens with two attached hydrogens (primary N) is 1. The van der Waals surface area contributed by atoms with E-state index in [1.807, 2.05) is 97.9 Å². The molecule has 26 heavy (non-hydrogen) atoms. The first-order chi connectivity index (χ1) is 12.6. The molecule has 0 aliphatic carbocycles. The zero-order valence-electron chi connectivity index (χ0n) is 14.9. The highest BCUT2D eigenvalue weighted by molar-refractivity contribution is 5.79. The third-order valence-corrected chi connectivity index (χ3v) is 4.45. The monoisotopic (exact) mass is 344 g/mol. The molecule has 0 aromatic heterocycles. The summed E-state index contributed by atoms with van der Waals surface area (Å²) in [7, 11) is 0. The van der Waals surface area contributed by atoms with Gasteiger partial charge in [0.2, 0.25) is 5.91 Å². The van der Waals surface area contributed by atoms with E-state index in [2.05, 4.69) is 5.32 Å². The van der Waals surface area contributed by atoms with Crippen LogP contribution in [0.2, 0.25) is 0 Å². The molecule has 0 saturated carbocycles. The molecule has 0 heterocycles. The number of carbonyl (C=O) groups excluding carboxylic acids is 1. The fraction of sp³-hybridized carbons (Fsp3) is 0.174. The Balaban J connectivity index is 2.23. The second kappa shape index (κ2) is 7.98. The van der Waals surface area contributed by atoms with Crippen molar-refractivity contribution in [1.29, 1.82) is 0 Å². The molecule has 0 spiro atoms. The summed E-state index contributed by atoms with van der Waals surface area (Å²) in [6.45, 7) is 1.84. The number of nitrogens with one attached hydrogen (secondary N) is 1. The lowest BCUT2D eigenvalue weighted by molar-refractivity contribution is -0.122. The minimum absolute atomic E-state index is 0.0726. The van der Waals surface area contributed by atoms with Gasteiger partial charge in [0, 0.05) is 12.5 Å². The van der Waals surface area contributed by atoms with Crippen molar-refractivity contribution < 1.29 is 4.79 Å². The average Bonchev–Trinajstić information content (AvgIpc) is 2.67. The van der Waals surface area contributed by atoms with Crippen LogP contribution in [-0.4, -0.2) is 11.9 Å². The second-order valence-corrected chi connectivity index (χ2v) is 6.58. The normalized spacial score (nSPS) is 12.4. The lowest BCUT2D eigenvalue weighted by Crippen LogP contribution is -2.48. The van der Waals surface area contributed by atoms with E-state index in [0.717, 1.165) is 16.7 Å². The molecule has 0 saturated heterocycles. The second-order valence-electron chi connectivity index (χ2n) is 6.58. The Labute approximate surface area is 154 Å². The van der Waals surface area contributed by atoms with E-state index in [9.17, 15) is 4.79 Å². The van der Waals surface area contributed by atoms with Gasteiger partial charge in [0.1, 0.15) is 5.54 Å². The van der Waals surface area contributed by atoms with Gasteiger partial charge < -0.3 is 11.1 Å². The molecule has 3 aromatic rings. The van der Waals surface area contributed by atoms with E-state index in [-0.39, 0.29) is 18.4 Å². The Hall–Kier alpha value is -2.91. The molecular formula is C23H24N2O. The number of carbonyl (C=O) groups is 1. The average molecular weight is 344 g/mol. The molecule has 3 N–H and O–H groups in total. The number of benzene rings is 3. The molecule has 0 radical (unpaired) electrons. The lowest BCUT2D eigenvalue weighted by Gasteiger charge is -2.37. The molecule has 0 unspecified atom stereocenters. The van der Waals surface area contributed by atoms with Crippen LogP contribution in [0.4, 0.5) is 0 Å². The van der Waals surface area contributed by atoms with Crippen LogP contribution in [0.1, 0.15) is 30.0 Å². The van der Waals surface area contributed by atoms with E-state index in [0.29, 0.717) is 0 Å². The van der Waals surface area contributed by atoms with Crippen LogP contribution in [0.5, 0.6) is 0 Å². The van der Waals surface area contributed by atoms with Crippen molar-refractivity contribution in [2.45, 2.75) is 24.9 Å². The quantitative estimate of drug-likeness (QED) is 0.668. The zero-order chi connectivity index (χ0) is 18.4. The standard InChI is InChI=1S/C23H24N2O/c1-18(24)17-22(26)25-23(19-11-5-2-6-12-19,20-13-7-3-8-14-20)21-15-9-4-10-16-21/h2-16,18H,17,24H2,1H3,(H,25,26)/t18-/m1/s1. The number of rotatable bonds is 6. The number of hydrogen-bond acceptors (Lipinski definition) is 2. The lowest BCUT2D eigenvalue weighted by atomic mass is 9.77. The first-order valence-electron chi connectivity index (χ1n) is 8.86. The maximum absolute atomic E-state index is 12.8. The SMILES string of the molecule is C[C@@H](N)CC(=O)NC(c1ccccc1)(c1ccccc1)c1ccccc1. The molecule has 1 amide bonds. The van der Waals surface area contributed by atoms with Gasteiger partial charge in [-0.15, -0.1) is 0 Å². The number of hydrogen-bond donors (Lipinski definition) is 2. The molecule has 0 aliphatic heterocycles. The first kappa shape index (κ1) is 17.9. The van der Waals surface area contributed by atoms with Crippen LogP contribution < -0.4 is 11.1 Å². The Morgan fingerprint density at radius 2 is 1.15 bits per heavy atom. The molecular weight excluding hydrogens is 320 g/mol. The first-order valence-corrected chi connectivity index (χ1v) is 8.86. The van der Waals surface area contributed by atoms with Crippen molar-refractivity contribution in [3.8, 4) is 0 Å². The van der Waals surface area contributed by atoms with Crippen LogP contribution in [0.25, 0.3) is 0 Å². The van der Waals surface area contributed by atoms with Gasteiger partial charge in [-0.1, -0.05) is 91.0 Å². The highest BCUT2D eigenvalue weighted by atomic mass is 16.1. The van der Waals surface area contributed by atoms with Gasteiger partial charge in [0.15, 0.2) is 0 Å². The Bertz CT molecular complexity index is 733. The third kappa shape index (κ3) is 3.68. The van der Waals surface area contributed by atoms with Crippen molar-refractivity contribution in [1.82, 2.24) is 5.32 Å². The fourth-order valence-electron chi connectivity index (χ4n) is 3.33. The molecule has 0 aliphatic rings. The summed E-state index contributed by atoms with van der Waals surface area (Å²) >= 11 is 0. The molecule has 0 fully saturated rings. The number of amides is 1. The molecule has 1 atom stereocenters. The van der Waals surface area contributed by atoms with Crippen molar-refractivity contribution in [3.05, 3.63) is 108 Å². The smallest absolute Gasteiger partial charge is 0.222 e. The molecule has 0 bridgehead atoms. The minimum atomic E-state index is -0.768. The maximum Gasteiger partial charge on any atom is 0.222 e. The largest absolute Gasteiger partial charge is 0.338 e. The topological polar surface area (TPSA) is 55.1 Å². The van der Waals surface area contributed by atoms with Crippen LogP contribution in [0, 0.1) is 0 Å². The van der Waals surface area contributed by atoms with E-state index in [1.54, 1.807) is 0 Å². The summed E-state index contributed by atoms with van der Waals surface area (Å²) in [4.78, 5) is 12.8. The Kier molecular flexibility index (Phi) is 5.49. The van der Waals surface area contributed by atoms with Crippen molar-refractivity contribution >= 4 is 5.91 Å². The van der Waals surface area contributed by atoms with E-state index < -0.39 is 5.54 Å². The van der Waals surface area contributed by atoms with E-state index in [4.69, 9.17) is 5.73 Å². The predicted molar refractivity (Wildman–Crippen MR) is 106 cm³/mol. The fourth-order valence-corrected chi connectivity index (χ4v) is 3.33. The Morgan fingerprint density at radius 1 is 0.808 bits per heavy atom. The predicted octanol–water partition coefficient (Wildman–Crippen LogP) is 3.83. The van der Waals surface area contributed by atoms with Gasteiger partial charge >= 0.3 is 0 Å². The van der Waals surface area contributed by atoms with Gasteiger partial charge in [-0.2, -0.15) is 0 Å². The van der Waals surface area contributed by atoms with Gasteiger partial charge in [0.25, 0.3) is 0 Å². The highest BCUT2D eigenvalue weighted by Crippen LogP contribution is 2.36. The van der Waals surface area contributed by atoms with Gasteiger partial charge in [-0.3, -0.25) is 4.79 Å². The van der Waals surface area contributed by atoms with Gasteiger partial charge in [-0.25, -0.2) is 0 Å². The molecule has 3 rings (SSSR count). The van der Waals surface area contributed by atoms with Crippen LogP contribution in [0.3, 0.4) is 0 Å². The molecule has 3 nitrogen and oxygen atoms in total. The van der Waals surface area contributed by atoms with Crippen molar-refractivity contribution in [2.75, 3.05) is 0 Å². The van der Waals surface area contributed by atoms with Gasteiger partial charge in [0.05, 0.1) is 0 Å². The summed E-state index contributed by atoms with van der Waals surface area (Å²) in [6.07, 6.45) is 0.272. The van der Waals surface area contributed by atoms with Crippen LogP contribution in [0.15, 0.2) is 91.0 Å². The molecule has 3 aromatic carbocycles. The molecule has 132 valence electrons. The Morgan fingerprint density at radius 3 is 1.46 bits per heavy atom. The summed E-state index contributed by atoms with van der Waals surface area (Å²) in [5.41, 5.74) is 8.13. The van der Waals surface area contributed by atoms with Crippen molar-refractivity contribution in [3.63, 3.8) is 0 Å². The minimum Gasteiger partial charge on any atom is -0.338 e. The van der Waals surface area contributed by atoms with E-state index >= 15 is 0 Å². The molecule has 3 heteroatoms. The zero-order valence-corrected chi connectivity index (χ0v) is 14.9. The summed E-state index contributed by atoms with van der Waals surface area (Å²) < 4.78 is 0. The highest BCUT2D eigenvalue weighted by Gasteiger charge is 2.37. The summed E-state index contributed by atoms with van der Waals surface area (Å²) in [5.74, 6) is -0.0726.